The Labute approximate surface area is 138 Å². The molecule has 1 aromatic rings. The fraction of sp³-hybridized carbons (Fsp3) is 0.571. The van der Waals surface area contributed by atoms with E-state index in [0.29, 0.717) is 11.7 Å². The minimum Gasteiger partial charge on any atom is -0.462 e. The maximum Gasteiger partial charge on any atom is 0.343 e. The van der Waals surface area contributed by atoms with Gasteiger partial charge in [-0.2, -0.15) is 0 Å². The van der Waals surface area contributed by atoms with Crippen molar-refractivity contribution in [3.05, 3.63) is 11.8 Å². The number of carbonyl (C=O) groups is 2. The highest BCUT2D eigenvalue weighted by molar-refractivity contribution is 7.99. The van der Waals surface area contributed by atoms with Gasteiger partial charge in [-0.3, -0.25) is 4.79 Å². The highest BCUT2D eigenvalue weighted by Gasteiger charge is 2.17. The van der Waals surface area contributed by atoms with Crippen LogP contribution in [0.4, 0.5) is 5.82 Å². The number of nitrogens with zero attached hydrogens (tertiary/aromatic N) is 2. The lowest BCUT2D eigenvalue weighted by molar-refractivity contribution is -0.119. The number of thioether (sulfide) groups is 1. The second kappa shape index (κ2) is 8.68. The van der Waals surface area contributed by atoms with Crippen molar-refractivity contribution in [2.75, 3.05) is 31.2 Å². The molecule has 1 saturated heterocycles. The number of carbonyl (C=O) groups excluding carboxylic acids is 2. The van der Waals surface area contributed by atoms with Crippen LogP contribution < -0.4 is 11.1 Å². The molecule has 1 atom stereocenters. The van der Waals surface area contributed by atoms with Crippen molar-refractivity contribution >= 4 is 29.5 Å². The van der Waals surface area contributed by atoms with Gasteiger partial charge in [-0.15, -0.1) is 0 Å². The van der Waals surface area contributed by atoms with E-state index in [2.05, 4.69) is 15.3 Å². The number of hydrogen-bond donors (Lipinski definition) is 2. The lowest BCUT2D eigenvalue weighted by Crippen LogP contribution is -2.32. The first-order valence-electron chi connectivity index (χ1n) is 7.41. The number of aromatic nitrogens is 2. The highest BCUT2D eigenvalue weighted by Crippen LogP contribution is 2.17. The van der Waals surface area contributed by atoms with Crippen molar-refractivity contribution in [1.82, 2.24) is 15.3 Å². The molecule has 0 bridgehead atoms. The van der Waals surface area contributed by atoms with Crippen molar-refractivity contribution in [3.8, 4) is 0 Å². The molecule has 8 nitrogen and oxygen atoms in total. The molecule has 9 heteroatoms. The Morgan fingerprint density at radius 3 is 3.04 bits per heavy atom. The Bertz CT molecular complexity index is 564. The largest absolute Gasteiger partial charge is 0.462 e. The monoisotopic (exact) mass is 340 g/mol. The van der Waals surface area contributed by atoms with Crippen LogP contribution in [-0.4, -0.2) is 53.5 Å². The van der Waals surface area contributed by atoms with E-state index in [1.807, 2.05) is 0 Å². The molecule has 1 fully saturated rings. The van der Waals surface area contributed by atoms with Crippen LogP contribution in [0.3, 0.4) is 0 Å². The lowest BCUT2D eigenvalue weighted by atomic mass is 10.2. The molecule has 0 saturated carbocycles. The summed E-state index contributed by atoms with van der Waals surface area (Å²) in [6, 6.07) is 0. The molecule has 23 heavy (non-hydrogen) atoms. The van der Waals surface area contributed by atoms with Crippen molar-refractivity contribution in [2.45, 2.75) is 31.0 Å². The Balaban J connectivity index is 1.79. The third kappa shape index (κ3) is 5.36. The molecule has 0 aliphatic carbocycles. The summed E-state index contributed by atoms with van der Waals surface area (Å²) < 4.78 is 10.3. The summed E-state index contributed by atoms with van der Waals surface area (Å²) in [5.41, 5.74) is 5.84. The Morgan fingerprint density at radius 2 is 2.39 bits per heavy atom. The third-order valence-electron chi connectivity index (χ3n) is 3.17. The predicted octanol–water partition coefficient (Wildman–Crippen LogP) is 0.623. The van der Waals surface area contributed by atoms with Gasteiger partial charge in [0.1, 0.15) is 11.4 Å². The van der Waals surface area contributed by atoms with E-state index in [4.69, 9.17) is 15.2 Å². The molecular weight excluding hydrogens is 320 g/mol. The number of anilines is 1. The summed E-state index contributed by atoms with van der Waals surface area (Å²) in [4.78, 5) is 31.4. The zero-order chi connectivity index (χ0) is 16.7. The summed E-state index contributed by atoms with van der Waals surface area (Å²) in [7, 11) is 0. The molecule has 0 radical (unpaired) electrons. The van der Waals surface area contributed by atoms with E-state index < -0.39 is 5.97 Å². The van der Waals surface area contributed by atoms with Gasteiger partial charge in [0, 0.05) is 19.3 Å². The summed E-state index contributed by atoms with van der Waals surface area (Å²) in [5, 5.41) is 3.15. The van der Waals surface area contributed by atoms with Crippen LogP contribution in [0.25, 0.3) is 0 Å². The van der Waals surface area contributed by atoms with E-state index in [1.54, 1.807) is 6.92 Å². The number of esters is 1. The third-order valence-corrected chi connectivity index (χ3v) is 4.04. The Kier molecular flexibility index (Phi) is 6.60. The van der Waals surface area contributed by atoms with E-state index in [-0.39, 0.29) is 35.8 Å². The lowest BCUT2D eigenvalue weighted by Gasteiger charge is -2.10. The number of rotatable bonds is 7. The number of nitrogens with two attached hydrogens (primary N) is 1. The highest BCUT2D eigenvalue weighted by atomic mass is 32.2. The maximum absolute atomic E-state index is 11.8. The molecule has 0 aromatic carbocycles. The summed E-state index contributed by atoms with van der Waals surface area (Å²) in [6.07, 6.45) is 3.43. The molecule has 1 aliphatic rings. The van der Waals surface area contributed by atoms with Crippen molar-refractivity contribution in [3.63, 3.8) is 0 Å². The average Bonchev–Trinajstić information content (AvgIpc) is 3.04. The van der Waals surface area contributed by atoms with Gasteiger partial charge in [-0.05, 0) is 19.8 Å². The second-order valence-electron chi connectivity index (χ2n) is 4.90. The van der Waals surface area contributed by atoms with Gasteiger partial charge in [0.05, 0.1) is 18.5 Å². The van der Waals surface area contributed by atoms with Crippen LogP contribution in [0, 0.1) is 0 Å². The first-order chi connectivity index (χ1) is 11.1. The summed E-state index contributed by atoms with van der Waals surface area (Å²) in [6.45, 7) is 3.23. The minimum absolute atomic E-state index is 0.0423. The zero-order valence-electron chi connectivity index (χ0n) is 12.9. The Morgan fingerprint density at radius 1 is 1.57 bits per heavy atom. The molecule has 2 rings (SSSR count). The number of amides is 1. The first-order valence-corrected chi connectivity index (χ1v) is 8.39. The van der Waals surface area contributed by atoms with Crippen LogP contribution >= 0.6 is 11.8 Å². The zero-order valence-corrected chi connectivity index (χ0v) is 13.7. The quantitative estimate of drug-likeness (QED) is 0.421. The fourth-order valence-corrected chi connectivity index (χ4v) is 2.68. The number of hydrogen-bond acceptors (Lipinski definition) is 8. The standard InChI is InChI=1S/C14H20N4O4S/c1-2-21-13(20)10-7-17-14(18-12(10)15)23-8-11(19)16-6-9-4-3-5-22-9/h7,9H,2-6,8H2,1H3,(H,16,19)(H2,15,17,18). The first kappa shape index (κ1) is 17.5. The summed E-state index contributed by atoms with van der Waals surface area (Å²) in [5.74, 6) is -0.469. The molecule has 126 valence electrons. The van der Waals surface area contributed by atoms with Crippen molar-refractivity contribution in [1.29, 1.82) is 0 Å². The molecule has 1 amide bonds. The van der Waals surface area contributed by atoms with Gasteiger partial charge in [-0.1, -0.05) is 11.8 Å². The van der Waals surface area contributed by atoms with Crippen molar-refractivity contribution in [2.24, 2.45) is 0 Å². The SMILES string of the molecule is CCOC(=O)c1cnc(SCC(=O)NCC2CCCO2)nc1N. The average molecular weight is 340 g/mol. The number of nitrogens with one attached hydrogen (secondary N) is 1. The molecular formula is C14H20N4O4S. The molecule has 2 heterocycles. The van der Waals surface area contributed by atoms with Gasteiger partial charge in [0.25, 0.3) is 0 Å². The second-order valence-corrected chi connectivity index (χ2v) is 5.84. The molecule has 1 unspecified atom stereocenters. The van der Waals surface area contributed by atoms with E-state index in [9.17, 15) is 9.59 Å². The molecule has 1 aliphatic heterocycles. The molecule has 1 aromatic heterocycles. The van der Waals surface area contributed by atoms with Crippen LogP contribution in [0.2, 0.25) is 0 Å². The normalized spacial score (nSPS) is 17.0. The molecule has 0 spiro atoms. The van der Waals surface area contributed by atoms with Gasteiger partial charge in [0.2, 0.25) is 5.91 Å². The Hall–Kier alpha value is -1.87. The van der Waals surface area contributed by atoms with Gasteiger partial charge in [-0.25, -0.2) is 14.8 Å². The van der Waals surface area contributed by atoms with Crippen LogP contribution in [0.1, 0.15) is 30.1 Å². The number of ether oxygens (including phenoxy) is 2. The minimum atomic E-state index is -0.559. The fourth-order valence-electron chi connectivity index (χ4n) is 2.03. The van der Waals surface area contributed by atoms with E-state index >= 15 is 0 Å². The number of nitrogen functional groups attached to an aromatic ring is 1. The summed E-state index contributed by atoms with van der Waals surface area (Å²) >= 11 is 1.15. The van der Waals surface area contributed by atoms with E-state index in [1.165, 1.54) is 6.20 Å². The van der Waals surface area contributed by atoms with Crippen molar-refractivity contribution < 1.29 is 19.1 Å². The smallest absolute Gasteiger partial charge is 0.343 e. The van der Waals surface area contributed by atoms with Crippen LogP contribution in [0.15, 0.2) is 11.4 Å². The van der Waals surface area contributed by atoms with Gasteiger partial charge in [0.15, 0.2) is 5.16 Å². The molecule has 3 N–H and O–H groups in total. The van der Waals surface area contributed by atoms with E-state index in [0.717, 1.165) is 31.2 Å². The van der Waals surface area contributed by atoms with Crippen LogP contribution in [0.5, 0.6) is 0 Å². The topological polar surface area (TPSA) is 116 Å². The van der Waals surface area contributed by atoms with Gasteiger partial charge < -0.3 is 20.5 Å². The maximum atomic E-state index is 11.8. The predicted molar refractivity (Wildman–Crippen MR) is 85.1 cm³/mol. The van der Waals surface area contributed by atoms with Gasteiger partial charge >= 0.3 is 5.97 Å². The van der Waals surface area contributed by atoms with Crippen LogP contribution in [-0.2, 0) is 14.3 Å².